The maximum absolute atomic E-state index is 12.3. The van der Waals surface area contributed by atoms with Crippen molar-refractivity contribution in [3.8, 4) is 0 Å². The van der Waals surface area contributed by atoms with Gasteiger partial charge in [0.25, 0.3) is 0 Å². The second-order valence-electron chi connectivity index (χ2n) is 4.30. The van der Waals surface area contributed by atoms with Crippen LogP contribution in [0.5, 0.6) is 0 Å². The zero-order valence-corrected chi connectivity index (χ0v) is 9.30. The number of aromatic nitrogens is 2. The van der Waals surface area contributed by atoms with Crippen LogP contribution in [0.3, 0.4) is 0 Å². The van der Waals surface area contributed by atoms with Crippen LogP contribution in [-0.4, -0.2) is 23.1 Å². The first-order chi connectivity index (χ1) is 8.05. The van der Waals surface area contributed by atoms with Crippen molar-refractivity contribution in [1.82, 2.24) is 15.3 Å². The molecule has 1 N–H and O–H groups in total. The van der Waals surface area contributed by atoms with Crippen molar-refractivity contribution in [2.75, 3.05) is 13.1 Å². The van der Waals surface area contributed by atoms with Crippen LogP contribution in [0, 0.1) is 5.92 Å². The summed E-state index contributed by atoms with van der Waals surface area (Å²) < 4.78 is 36.9. The predicted molar refractivity (Wildman–Crippen MR) is 56.3 cm³/mol. The Hall–Kier alpha value is -1.17. The summed E-state index contributed by atoms with van der Waals surface area (Å²) >= 11 is 0. The summed E-state index contributed by atoms with van der Waals surface area (Å²) in [4.78, 5) is 7.56. The summed E-state index contributed by atoms with van der Waals surface area (Å²) in [5.74, 6) is 0.923. The Kier molecular flexibility index (Phi) is 3.61. The molecule has 1 aliphatic heterocycles. The van der Waals surface area contributed by atoms with Crippen LogP contribution < -0.4 is 5.32 Å². The largest absolute Gasteiger partial charge is 0.419 e. The van der Waals surface area contributed by atoms with Gasteiger partial charge in [0.05, 0.1) is 5.56 Å². The van der Waals surface area contributed by atoms with Crippen LogP contribution in [0.4, 0.5) is 13.2 Å². The van der Waals surface area contributed by atoms with Crippen LogP contribution in [-0.2, 0) is 12.6 Å². The van der Waals surface area contributed by atoms with E-state index in [0.717, 1.165) is 38.3 Å². The van der Waals surface area contributed by atoms with E-state index in [4.69, 9.17) is 0 Å². The van der Waals surface area contributed by atoms with Crippen molar-refractivity contribution in [2.24, 2.45) is 5.92 Å². The minimum absolute atomic E-state index is 0.431. The predicted octanol–water partition coefficient (Wildman–Crippen LogP) is 2.04. The molecule has 1 aliphatic rings. The number of alkyl halides is 3. The maximum Gasteiger partial charge on any atom is 0.419 e. The fourth-order valence-electron chi connectivity index (χ4n) is 1.96. The van der Waals surface area contributed by atoms with Gasteiger partial charge >= 0.3 is 6.18 Å². The van der Waals surface area contributed by atoms with Crippen molar-refractivity contribution in [2.45, 2.75) is 25.4 Å². The van der Waals surface area contributed by atoms with Crippen LogP contribution in [0.1, 0.15) is 24.2 Å². The molecule has 0 amide bonds. The normalized spacial score (nSPS) is 21.5. The highest BCUT2D eigenvalue weighted by Crippen LogP contribution is 2.27. The van der Waals surface area contributed by atoms with Gasteiger partial charge in [-0.3, -0.25) is 0 Å². The molecule has 0 saturated carbocycles. The van der Waals surface area contributed by atoms with E-state index >= 15 is 0 Å². The standard InChI is InChI=1S/C11H14F3N3/c12-11(13,14)9-6-16-10(17-7-9)4-8-2-1-3-15-5-8/h6-8,15H,1-5H2. The number of nitrogens with zero attached hydrogens (tertiary/aromatic N) is 2. The van der Waals surface area contributed by atoms with Gasteiger partial charge in [-0.25, -0.2) is 9.97 Å². The van der Waals surface area contributed by atoms with E-state index < -0.39 is 11.7 Å². The third kappa shape index (κ3) is 3.39. The Morgan fingerprint density at radius 2 is 2.00 bits per heavy atom. The number of hydrogen-bond donors (Lipinski definition) is 1. The summed E-state index contributed by atoms with van der Waals surface area (Å²) in [7, 11) is 0. The molecule has 2 heterocycles. The Labute approximate surface area is 97.5 Å². The first kappa shape index (κ1) is 12.3. The molecule has 3 nitrogen and oxygen atoms in total. The van der Waals surface area contributed by atoms with Gasteiger partial charge in [0, 0.05) is 18.8 Å². The molecule has 1 aromatic rings. The van der Waals surface area contributed by atoms with Crippen molar-refractivity contribution in [1.29, 1.82) is 0 Å². The van der Waals surface area contributed by atoms with Crippen LogP contribution in [0.15, 0.2) is 12.4 Å². The van der Waals surface area contributed by atoms with E-state index in [0.29, 0.717) is 18.2 Å². The number of piperidine rings is 1. The first-order valence-corrected chi connectivity index (χ1v) is 5.64. The van der Waals surface area contributed by atoms with E-state index in [1.165, 1.54) is 0 Å². The SMILES string of the molecule is FC(F)(F)c1cnc(CC2CCCNC2)nc1. The number of halogens is 3. The fraction of sp³-hybridized carbons (Fsp3) is 0.636. The van der Waals surface area contributed by atoms with Gasteiger partial charge in [-0.15, -0.1) is 0 Å². The van der Waals surface area contributed by atoms with Crippen LogP contribution in [0.2, 0.25) is 0 Å². The smallest absolute Gasteiger partial charge is 0.316 e. The van der Waals surface area contributed by atoms with Gasteiger partial charge in [0.2, 0.25) is 0 Å². The highest BCUT2D eigenvalue weighted by atomic mass is 19.4. The molecule has 6 heteroatoms. The lowest BCUT2D eigenvalue weighted by Gasteiger charge is -2.21. The Morgan fingerprint density at radius 1 is 1.29 bits per heavy atom. The highest BCUT2D eigenvalue weighted by Gasteiger charge is 2.31. The molecule has 0 spiro atoms. The molecule has 0 radical (unpaired) electrons. The van der Waals surface area contributed by atoms with Gasteiger partial charge in [0.1, 0.15) is 5.82 Å². The van der Waals surface area contributed by atoms with E-state index in [1.54, 1.807) is 0 Å². The summed E-state index contributed by atoms with van der Waals surface area (Å²) in [5, 5.41) is 3.26. The lowest BCUT2D eigenvalue weighted by atomic mass is 9.96. The average Bonchev–Trinajstić information content (AvgIpc) is 2.30. The van der Waals surface area contributed by atoms with Crippen molar-refractivity contribution < 1.29 is 13.2 Å². The summed E-state index contributed by atoms with van der Waals surface area (Å²) in [6.45, 7) is 1.91. The molecular weight excluding hydrogens is 231 g/mol. The molecule has 0 aromatic carbocycles. The Balaban J connectivity index is 1.98. The van der Waals surface area contributed by atoms with Crippen molar-refractivity contribution in [3.05, 3.63) is 23.8 Å². The molecule has 94 valence electrons. The maximum atomic E-state index is 12.3. The number of nitrogens with one attached hydrogen (secondary N) is 1. The molecule has 1 aromatic heterocycles. The summed E-state index contributed by atoms with van der Waals surface area (Å²) in [6, 6.07) is 0. The fourth-order valence-corrected chi connectivity index (χ4v) is 1.96. The van der Waals surface area contributed by atoms with Crippen molar-refractivity contribution in [3.63, 3.8) is 0 Å². The Bertz CT molecular complexity index is 355. The van der Waals surface area contributed by atoms with E-state index in [-0.39, 0.29) is 0 Å². The number of hydrogen-bond acceptors (Lipinski definition) is 3. The summed E-state index contributed by atoms with van der Waals surface area (Å²) in [6.07, 6.45) is 0.190. The van der Waals surface area contributed by atoms with E-state index in [1.807, 2.05) is 0 Å². The second-order valence-corrected chi connectivity index (χ2v) is 4.30. The molecule has 0 bridgehead atoms. The van der Waals surface area contributed by atoms with Crippen LogP contribution in [0.25, 0.3) is 0 Å². The van der Waals surface area contributed by atoms with Gasteiger partial charge < -0.3 is 5.32 Å². The quantitative estimate of drug-likeness (QED) is 0.866. The second kappa shape index (κ2) is 5.00. The van der Waals surface area contributed by atoms with Crippen molar-refractivity contribution >= 4 is 0 Å². The zero-order chi connectivity index (χ0) is 12.3. The van der Waals surface area contributed by atoms with E-state index in [9.17, 15) is 13.2 Å². The molecule has 1 unspecified atom stereocenters. The van der Waals surface area contributed by atoms with Gasteiger partial charge in [0.15, 0.2) is 0 Å². The minimum Gasteiger partial charge on any atom is -0.316 e. The van der Waals surface area contributed by atoms with E-state index in [2.05, 4.69) is 15.3 Å². The summed E-state index contributed by atoms with van der Waals surface area (Å²) in [5.41, 5.74) is -0.789. The molecule has 0 aliphatic carbocycles. The lowest BCUT2D eigenvalue weighted by molar-refractivity contribution is -0.138. The Morgan fingerprint density at radius 3 is 2.53 bits per heavy atom. The monoisotopic (exact) mass is 245 g/mol. The molecule has 1 saturated heterocycles. The molecule has 1 atom stereocenters. The van der Waals surface area contributed by atoms with Gasteiger partial charge in [-0.2, -0.15) is 13.2 Å². The zero-order valence-electron chi connectivity index (χ0n) is 9.30. The van der Waals surface area contributed by atoms with Gasteiger partial charge in [-0.1, -0.05) is 0 Å². The number of rotatable bonds is 2. The van der Waals surface area contributed by atoms with Crippen LogP contribution >= 0.6 is 0 Å². The third-order valence-corrected chi connectivity index (χ3v) is 2.90. The topological polar surface area (TPSA) is 37.8 Å². The first-order valence-electron chi connectivity index (χ1n) is 5.64. The highest BCUT2D eigenvalue weighted by molar-refractivity contribution is 5.09. The average molecular weight is 245 g/mol. The molecular formula is C11H14F3N3. The molecule has 17 heavy (non-hydrogen) atoms. The molecule has 1 fully saturated rings. The van der Waals surface area contributed by atoms with Gasteiger partial charge in [-0.05, 0) is 31.8 Å². The lowest BCUT2D eigenvalue weighted by Crippen LogP contribution is -2.31. The third-order valence-electron chi connectivity index (χ3n) is 2.90. The minimum atomic E-state index is -4.36. The molecule has 2 rings (SSSR count).